The molecule has 2 aromatic rings. The van der Waals surface area contributed by atoms with Gasteiger partial charge >= 0.3 is 0 Å². The molecule has 0 radical (unpaired) electrons. The summed E-state index contributed by atoms with van der Waals surface area (Å²) in [4.78, 5) is 21.4. The van der Waals surface area contributed by atoms with E-state index in [0.717, 1.165) is 51.2 Å². The van der Waals surface area contributed by atoms with Crippen LogP contribution in [0.3, 0.4) is 0 Å². The second-order valence-corrected chi connectivity index (χ2v) is 7.50. The summed E-state index contributed by atoms with van der Waals surface area (Å²) in [5, 5.41) is 0. The maximum atomic E-state index is 13.0. The van der Waals surface area contributed by atoms with E-state index in [1.807, 2.05) is 17.0 Å². The summed E-state index contributed by atoms with van der Waals surface area (Å²) in [6.45, 7) is 5.39. The van der Waals surface area contributed by atoms with Gasteiger partial charge in [0.1, 0.15) is 11.9 Å². The van der Waals surface area contributed by atoms with Crippen molar-refractivity contribution in [3.63, 3.8) is 0 Å². The van der Waals surface area contributed by atoms with E-state index in [-0.39, 0.29) is 18.1 Å². The third-order valence-corrected chi connectivity index (χ3v) is 5.76. The maximum absolute atomic E-state index is 13.0. The van der Waals surface area contributed by atoms with Gasteiger partial charge in [-0.1, -0.05) is 24.3 Å². The minimum atomic E-state index is -0.0749. The molecule has 1 unspecified atom stereocenters. The van der Waals surface area contributed by atoms with E-state index in [1.54, 1.807) is 12.4 Å². The highest BCUT2D eigenvalue weighted by molar-refractivity contribution is 5.81. The van der Waals surface area contributed by atoms with Crippen molar-refractivity contribution in [2.75, 3.05) is 19.6 Å². The number of aromatic nitrogens is 1. The van der Waals surface area contributed by atoms with Gasteiger partial charge in [0.2, 0.25) is 5.91 Å². The first kappa shape index (κ1) is 18.0. The lowest BCUT2D eigenvalue weighted by Crippen LogP contribution is -2.51. The number of amides is 1. The van der Waals surface area contributed by atoms with E-state index in [0.29, 0.717) is 0 Å². The lowest BCUT2D eigenvalue weighted by Gasteiger charge is -2.38. The van der Waals surface area contributed by atoms with E-state index in [9.17, 15) is 4.79 Å². The van der Waals surface area contributed by atoms with Crippen LogP contribution in [0, 0.1) is 0 Å². The molecule has 1 amide bonds. The summed E-state index contributed by atoms with van der Waals surface area (Å²) in [5.41, 5.74) is 2.77. The third-order valence-electron chi connectivity index (χ3n) is 5.76. The van der Waals surface area contributed by atoms with Crippen LogP contribution in [0.4, 0.5) is 0 Å². The Balaban J connectivity index is 1.30. The molecule has 0 bridgehead atoms. The number of carbonyl (C=O) groups is 1. The Morgan fingerprint density at radius 3 is 2.63 bits per heavy atom. The summed E-state index contributed by atoms with van der Waals surface area (Å²) in [6, 6.07) is 12.3. The van der Waals surface area contributed by atoms with Gasteiger partial charge in [-0.05, 0) is 36.6 Å². The molecule has 1 aromatic carbocycles. The minimum absolute atomic E-state index is 0.0749. The van der Waals surface area contributed by atoms with Gasteiger partial charge in [0.05, 0.1) is 12.2 Å². The topological polar surface area (TPSA) is 45.7 Å². The fraction of sp³-hybridized carbons (Fsp3) is 0.455. The number of nitrogens with zero attached hydrogens (tertiary/aromatic N) is 3. The number of benzene rings is 1. The van der Waals surface area contributed by atoms with Crippen LogP contribution in [0.5, 0.6) is 5.75 Å². The van der Waals surface area contributed by atoms with E-state index in [4.69, 9.17) is 4.74 Å². The molecule has 27 heavy (non-hydrogen) atoms. The van der Waals surface area contributed by atoms with Gasteiger partial charge in [0.25, 0.3) is 0 Å². The van der Waals surface area contributed by atoms with Crippen molar-refractivity contribution in [3.8, 4) is 5.75 Å². The SMILES string of the molecule is CC(C(=O)N1CCC(Oc2cccnc2)CC1)N1CCc2ccccc2C1. The smallest absolute Gasteiger partial charge is 0.239 e. The number of fused-ring (bicyclic) bond motifs is 1. The zero-order chi connectivity index (χ0) is 18.6. The van der Waals surface area contributed by atoms with Crippen LogP contribution in [0.15, 0.2) is 48.8 Å². The summed E-state index contributed by atoms with van der Waals surface area (Å²) in [7, 11) is 0. The van der Waals surface area contributed by atoms with Crippen LogP contribution in [0.1, 0.15) is 30.9 Å². The molecule has 2 aliphatic heterocycles. The van der Waals surface area contributed by atoms with Crippen LogP contribution in [0.25, 0.3) is 0 Å². The highest BCUT2D eigenvalue weighted by atomic mass is 16.5. The minimum Gasteiger partial charge on any atom is -0.489 e. The Labute approximate surface area is 161 Å². The Bertz CT molecular complexity index is 772. The fourth-order valence-electron chi connectivity index (χ4n) is 4.07. The monoisotopic (exact) mass is 365 g/mol. The number of ether oxygens (including phenoxy) is 1. The summed E-state index contributed by atoms with van der Waals surface area (Å²) >= 11 is 0. The maximum Gasteiger partial charge on any atom is 0.239 e. The van der Waals surface area contributed by atoms with Gasteiger partial charge in [-0.25, -0.2) is 0 Å². The summed E-state index contributed by atoms with van der Waals surface area (Å²) in [5.74, 6) is 1.05. The molecule has 1 fully saturated rings. The zero-order valence-electron chi connectivity index (χ0n) is 15.9. The highest BCUT2D eigenvalue weighted by Crippen LogP contribution is 2.23. The lowest BCUT2D eigenvalue weighted by atomic mass is 9.98. The largest absolute Gasteiger partial charge is 0.489 e. The van der Waals surface area contributed by atoms with Crippen molar-refractivity contribution in [3.05, 3.63) is 59.9 Å². The van der Waals surface area contributed by atoms with E-state index < -0.39 is 0 Å². The molecule has 5 nitrogen and oxygen atoms in total. The number of hydrogen-bond acceptors (Lipinski definition) is 4. The first-order valence-electron chi connectivity index (χ1n) is 9.87. The quantitative estimate of drug-likeness (QED) is 0.836. The van der Waals surface area contributed by atoms with E-state index >= 15 is 0 Å². The van der Waals surface area contributed by atoms with Crippen LogP contribution < -0.4 is 4.74 Å². The highest BCUT2D eigenvalue weighted by Gasteiger charge is 2.31. The van der Waals surface area contributed by atoms with Gasteiger partial charge in [0, 0.05) is 45.2 Å². The molecule has 1 saturated heterocycles. The van der Waals surface area contributed by atoms with Gasteiger partial charge in [0.15, 0.2) is 0 Å². The molecule has 2 aliphatic rings. The number of carbonyl (C=O) groups excluding carboxylic acids is 1. The molecule has 0 saturated carbocycles. The predicted octanol–water partition coefficient (Wildman–Crippen LogP) is 2.90. The van der Waals surface area contributed by atoms with Crippen molar-refractivity contribution >= 4 is 5.91 Å². The molecular weight excluding hydrogens is 338 g/mol. The molecule has 1 atom stereocenters. The lowest BCUT2D eigenvalue weighted by molar-refractivity contribution is -0.138. The second kappa shape index (κ2) is 8.09. The van der Waals surface area contributed by atoms with Crippen LogP contribution >= 0.6 is 0 Å². The summed E-state index contributed by atoms with van der Waals surface area (Å²) in [6.07, 6.45) is 6.42. The van der Waals surface area contributed by atoms with E-state index in [2.05, 4.69) is 41.1 Å². The first-order valence-corrected chi connectivity index (χ1v) is 9.87. The molecule has 0 aliphatic carbocycles. The average Bonchev–Trinajstić information content (AvgIpc) is 2.73. The van der Waals surface area contributed by atoms with Crippen molar-refractivity contribution in [1.29, 1.82) is 0 Å². The fourth-order valence-corrected chi connectivity index (χ4v) is 4.07. The Morgan fingerprint density at radius 1 is 1.11 bits per heavy atom. The normalized spacial score (nSPS) is 19.4. The third kappa shape index (κ3) is 4.14. The van der Waals surface area contributed by atoms with Crippen molar-refractivity contribution in [2.24, 2.45) is 0 Å². The van der Waals surface area contributed by atoms with Gasteiger partial charge < -0.3 is 9.64 Å². The van der Waals surface area contributed by atoms with Crippen molar-refractivity contribution in [1.82, 2.24) is 14.8 Å². The zero-order valence-corrected chi connectivity index (χ0v) is 15.9. The Morgan fingerprint density at radius 2 is 1.89 bits per heavy atom. The Kier molecular flexibility index (Phi) is 5.39. The van der Waals surface area contributed by atoms with Crippen molar-refractivity contribution in [2.45, 2.75) is 44.9 Å². The predicted molar refractivity (Wildman–Crippen MR) is 104 cm³/mol. The molecule has 5 heteroatoms. The van der Waals surface area contributed by atoms with Crippen molar-refractivity contribution < 1.29 is 9.53 Å². The number of piperidine rings is 1. The second-order valence-electron chi connectivity index (χ2n) is 7.50. The van der Waals surface area contributed by atoms with Gasteiger partial charge in [-0.2, -0.15) is 0 Å². The molecule has 0 spiro atoms. The number of pyridine rings is 1. The number of likely N-dealkylation sites (tertiary alicyclic amines) is 1. The molecule has 4 rings (SSSR count). The average molecular weight is 365 g/mol. The molecule has 0 N–H and O–H groups in total. The van der Waals surface area contributed by atoms with Crippen LogP contribution in [-0.2, 0) is 17.8 Å². The van der Waals surface area contributed by atoms with Gasteiger partial charge in [-0.15, -0.1) is 0 Å². The molecule has 142 valence electrons. The molecule has 1 aromatic heterocycles. The summed E-state index contributed by atoms with van der Waals surface area (Å²) < 4.78 is 5.99. The number of rotatable bonds is 4. The molecule has 3 heterocycles. The van der Waals surface area contributed by atoms with Gasteiger partial charge in [-0.3, -0.25) is 14.7 Å². The van der Waals surface area contributed by atoms with E-state index in [1.165, 1.54) is 11.1 Å². The van der Waals surface area contributed by atoms with Crippen LogP contribution in [-0.4, -0.2) is 52.5 Å². The van der Waals surface area contributed by atoms with Crippen LogP contribution in [0.2, 0.25) is 0 Å². The Hall–Kier alpha value is -2.40. The standard InChI is InChI=1S/C22H27N3O2/c1-17(25-12-8-18-5-2-3-6-19(18)16-25)22(26)24-13-9-20(10-14-24)27-21-7-4-11-23-15-21/h2-7,11,15,17,20H,8-10,12-14,16H2,1H3. The first-order chi connectivity index (χ1) is 13.2. The number of hydrogen-bond donors (Lipinski definition) is 0. The molecular formula is C22H27N3O2.